The Hall–Kier alpha value is -2.04. The van der Waals surface area contributed by atoms with Gasteiger partial charge in [-0.05, 0) is 52.7 Å². The van der Waals surface area contributed by atoms with Gasteiger partial charge in [0.2, 0.25) is 0 Å². The lowest BCUT2D eigenvalue weighted by Gasteiger charge is -2.38. The molecular weight excluding hydrogens is 350 g/mol. The van der Waals surface area contributed by atoms with Crippen LogP contribution in [0.5, 0.6) is 11.5 Å². The molecule has 152 valence electrons. The van der Waals surface area contributed by atoms with Crippen LogP contribution in [0.15, 0.2) is 48.5 Å². The van der Waals surface area contributed by atoms with Gasteiger partial charge in [-0.3, -0.25) is 0 Å². The number of aliphatic hydroxyl groups is 1. The minimum Gasteiger partial charge on any atom is -0.491 e. The molecule has 2 unspecified atom stereocenters. The van der Waals surface area contributed by atoms with Gasteiger partial charge in [0.25, 0.3) is 0 Å². The van der Waals surface area contributed by atoms with E-state index < -0.39 is 6.10 Å². The van der Waals surface area contributed by atoms with E-state index in [0.29, 0.717) is 12.5 Å². The van der Waals surface area contributed by atoms with Crippen molar-refractivity contribution in [2.24, 2.45) is 0 Å². The van der Waals surface area contributed by atoms with Crippen LogP contribution in [-0.4, -0.2) is 35.5 Å². The fraction of sp³-hybridized carbons (Fsp3) is 0.500. The van der Waals surface area contributed by atoms with E-state index in [9.17, 15) is 5.11 Å². The van der Waals surface area contributed by atoms with Gasteiger partial charge >= 0.3 is 0 Å². The molecule has 0 saturated heterocycles. The Balaban J connectivity index is 1.73. The van der Waals surface area contributed by atoms with Gasteiger partial charge in [-0.15, -0.1) is 0 Å². The van der Waals surface area contributed by atoms with Crippen LogP contribution in [0, 0.1) is 0 Å². The number of hydrogen-bond acceptors (Lipinski definition) is 4. The molecule has 4 heteroatoms. The van der Waals surface area contributed by atoms with E-state index in [1.807, 2.05) is 18.2 Å². The number of ether oxygens (including phenoxy) is 2. The molecule has 0 saturated carbocycles. The standard InChI is InChI=1S/C24H33NO3/c1-23(2,3)25-15-18(26)16-27-19-11-12-20-21(17-9-7-6-8-10-17)14-24(4,5)28-22(20)13-19/h6-13,18,21,25-26H,14-16H2,1-5H3. The first kappa shape index (κ1) is 20.7. The van der Waals surface area contributed by atoms with Crippen LogP contribution >= 0.6 is 0 Å². The van der Waals surface area contributed by atoms with E-state index in [1.54, 1.807) is 0 Å². The van der Waals surface area contributed by atoms with Crippen molar-refractivity contribution in [1.82, 2.24) is 5.32 Å². The van der Waals surface area contributed by atoms with Gasteiger partial charge in [-0.2, -0.15) is 0 Å². The summed E-state index contributed by atoms with van der Waals surface area (Å²) in [4.78, 5) is 0. The predicted molar refractivity (Wildman–Crippen MR) is 113 cm³/mol. The lowest BCUT2D eigenvalue weighted by Crippen LogP contribution is -2.42. The second kappa shape index (κ2) is 8.14. The molecule has 2 aromatic carbocycles. The third kappa shape index (κ3) is 5.49. The zero-order valence-corrected chi connectivity index (χ0v) is 17.7. The van der Waals surface area contributed by atoms with Crippen LogP contribution in [0.2, 0.25) is 0 Å². The lowest BCUT2D eigenvalue weighted by molar-refractivity contribution is 0.0757. The number of β-amino-alcohol motifs (C(OH)–C–C–N with tert-alkyl or cyclic N) is 1. The number of nitrogens with one attached hydrogen (secondary N) is 1. The van der Waals surface area contributed by atoms with Crippen molar-refractivity contribution in [3.05, 3.63) is 59.7 Å². The predicted octanol–water partition coefficient (Wildman–Crippen LogP) is 4.51. The fourth-order valence-corrected chi connectivity index (χ4v) is 3.58. The van der Waals surface area contributed by atoms with E-state index in [1.165, 1.54) is 11.1 Å². The number of rotatable bonds is 6. The van der Waals surface area contributed by atoms with Crippen molar-refractivity contribution < 1.29 is 14.6 Å². The summed E-state index contributed by atoms with van der Waals surface area (Å²) >= 11 is 0. The number of fused-ring (bicyclic) bond motifs is 1. The molecule has 1 heterocycles. The quantitative estimate of drug-likeness (QED) is 0.771. The minimum absolute atomic E-state index is 0.0291. The van der Waals surface area contributed by atoms with Gasteiger partial charge < -0.3 is 19.9 Å². The van der Waals surface area contributed by atoms with Crippen LogP contribution in [0.25, 0.3) is 0 Å². The molecule has 2 N–H and O–H groups in total. The van der Waals surface area contributed by atoms with Crippen LogP contribution < -0.4 is 14.8 Å². The topological polar surface area (TPSA) is 50.7 Å². The highest BCUT2D eigenvalue weighted by Gasteiger charge is 2.34. The first-order valence-electron chi connectivity index (χ1n) is 10.1. The van der Waals surface area contributed by atoms with Crippen LogP contribution in [0.3, 0.4) is 0 Å². The van der Waals surface area contributed by atoms with Crippen LogP contribution in [-0.2, 0) is 0 Å². The third-order valence-electron chi connectivity index (χ3n) is 4.95. The summed E-state index contributed by atoms with van der Waals surface area (Å²) in [5.41, 5.74) is 2.21. The molecule has 0 bridgehead atoms. The van der Waals surface area contributed by atoms with Crippen LogP contribution in [0.4, 0.5) is 0 Å². The third-order valence-corrected chi connectivity index (χ3v) is 4.95. The van der Waals surface area contributed by atoms with Crippen molar-refractivity contribution in [1.29, 1.82) is 0 Å². The van der Waals surface area contributed by atoms with Crippen LogP contribution in [0.1, 0.15) is 58.1 Å². The molecule has 28 heavy (non-hydrogen) atoms. The van der Waals surface area contributed by atoms with Gasteiger partial charge in [0.1, 0.15) is 29.8 Å². The van der Waals surface area contributed by atoms with E-state index >= 15 is 0 Å². The van der Waals surface area contributed by atoms with E-state index in [-0.39, 0.29) is 17.7 Å². The summed E-state index contributed by atoms with van der Waals surface area (Å²) in [6.07, 6.45) is 0.367. The second-order valence-electron chi connectivity index (χ2n) is 9.32. The Morgan fingerprint density at radius 2 is 1.89 bits per heavy atom. The zero-order chi connectivity index (χ0) is 20.4. The lowest BCUT2D eigenvalue weighted by atomic mass is 9.80. The Bertz CT molecular complexity index is 780. The van der Waals surface area contributed by atoms with Crippen molar-refractivity contribution in [2.45, 2.75) is 64.2 Å². The van der Waals surface area contributed by atoms with Crippen molar-refractivity contribution >= 4 is 0 Å². The fourth-order valence-electron chi connectivity index (χ4n) is 3.58. The van der Waals surface area contributed by atoms with Gasteiger partial charge in [-0.25, -0.2) is 0 Å². The van der Waals surface area contributed by atoms with Crippen molar-refractivity contribution in [2.75, 3.05) is 13.2 Å². The molecule has 4 nitrogen and oxygen atoms in total. The summed E-state index contributed by atoms with van der Waals surface area (Å²) < 4.78 is 12.1. The number of benzene rings is 2. The molecule has 0 aliphatic carbocycles. The number of hydrogen-bond donors (Lipinski definition) is 2. The molecule has 1 aliphatic rings. The largest absolute Gasteiger partial charge is 0.491 e. The molecule has 0 radical (unpaired) electrons. The average molecular weight is 384 g/mol. The Morgan fingerprint density at radius 1 is 1.18 bits per heavy atom. The number of aliphatic hydroxyl groups excluding tert-OH is 1. The molecular formula is C24H33NO3. The first-order valence-corrected chi connectivity index (χ1v) is 10.1. The van der Waals surface area contributed by atoms with Gasteiger partial charge in [-0.1, -0.05) is 36.4 Å². The molecule has 0 spiro atoms. The molecule has 2 aromatic rings. The zero-order valence-electron chi connectivity index (χ0n) is 17.7. The van der Waals surface area contributed by atoms with E-state index in [4.69, 9.17) is 9.47 Å². The van der Waals surface area contributed by atoms with E-state index in [0.717, 1.165) is 17.9 Å². The average Bonchev–Trinajstić information content (AvgIpc) is 2.63. The molecule has 2 atom stereocenters. The first-order chi connectivity index (χ1) is 13.1. The van der Waals surface area contributed by atoms with E-state index in [2.05, 4.69) is 70.3 Å². The smallest absolute Gasteiger partial charge is 0.127 e. The Morgan fingerprint density at radius 3 is 2.57 bits per heavy atom. The maximum absolute atomic E-state index is 10.2. The monoisotopic (exact) mass is 383 g/mol. The molecule has 1 aliphatic heterocycles. The maximum atomic E-state index is 10.2. The normalized spacial score (nSPS) is 19.4. The van der Waals surface area contributed by atoms with Gasteiger partial charge in [0, 0.05) is 29.6 Å². The summed E-state index contributed by atoms with van der Waals surface area (Å²) in [7, 11) is 0. The Kier molecular flexibility index (Phi) is 6.01. The summed E-state index contributed by atoms with van der Waals surface area (Å²) in [5, 5.41) is 13.5. The molecule has 3 rings (SSSR count). The van der Waals surface area contributed by atoms with Crippen molar-refractivity contribution in [3.8, 4) is 11.5 Å². The molecule has 0 aromatic heterocycles. The minimum atomic E-state index is -0.565. The molecule has 0 fully saturated rings. The highest BCUT2D eigenvalue weighted by Crippen LogP contribution is 2.45. The van der Waals surface area contributed by atoms with Gasteiger partial charge in [0.15, 0.2) is 0 Å². The highest BCUT2D eigenvalue weighted by molar-refractivity contribution is 5.48. The maximum Gasteiger partial charge on any atom is 0.127 e. The highest BCUT2D eigenvalue weighted by atomic mass is 16.5. The molecule has 0 amide bonds. The Labute approximate surface area is 168 Å². The second-order valence-corrected chi connectivity index (χ2v) is 9.32. The summed E-state index contributed by atoms with van der Waals surface area (Å²) in [5.74, 6) is 1.89. The summed E-state index contributed by atoms with van der Waals surface area (Å²) in [6.45, 7) is 11.2. The SMILES string of the molecule is CC(C)(C)NCC(O)COc1ccc2c(c1)OC(C)(C)CC2c1ccccc1. The van der Waals surface area contributed by atoms with Crippen molar-refractivity contribution in [3.63, 3.8) is 0 Å². The summed E-state index contributed by atoms with van der Waals surface area (Å²) in [6, 6.07) is 16.6. The van der Waals surface area contributed by atoms with Gasteiger partial charge in [0.05, 0.1) is 0 Å².